The van der Waals surface area contributed by atoms with Crippen LogP contribution in [0.1, 0.15) is 25.7 Å². The van der Waals surface area contributed by atoms with Crippen molar-refractivity contribution in [1.29, 1.82) is 0 Å². The van der Waals surface area contributed by atoms with E-state index in [1.165, 1.54) is 12.4 Å². The first-order valence-corrected chi connectivity index (χ1v) is 5.84. The summed E-state index contributed by atoms with van der Waals surface area (Å²) >= 11 is 0. The molecule has 1 aliphatic carbocycles. The number of hydrogen-bond acceptors (Lipinski definition) is 2. The van der Waals surface area contributed by atoms with Gasteiger partial charge in [0, 0.05) is 12.1 Å². The molecule has 1 saturated carbocycles. The molecule has 1 aliphatic rings. The molecular formula is C11H14F3N3O. The van der Waals surface area contributed by atoms with Crippen molar-refractivity contribution in [1.82, 2.24) is 9.78 Å². The van der Waals surface area contributed by atoms with Crippen LogP contribution in [0.4, 0.5) is 18.9 Å². The molecule has 1 amide bonds. The SMILES string of the molecule is O=C(Nc1cnn(CC(F)(F)F)c1)C1CCCC1. The third-order valence-corrected chi connectivity index (χ3v) is 2.97. The Morgan fingerprint density at radius 2 is 2.11 bits per heavy atom. The maximum absolute atomic E-state index is 12.1. The van der Waals surface area contributed by atoms with E-state index in [2.05, 4.69) is 10.4 Å². The van der Waals surface area contributed by atoms with Crippen molar-refractivity contribution in [2.45, 2.75) is 38.4 Å². The Labute approximate surface area is 102 Å². The minimum Gasteiger partial charge on any atom is -0.323 e. The smallest absolute Gasteiger partial charge is 0.323 e. The number of amides is 1. The second-order valence-corrected chi connectivity index (χ2v) is 4.51. The van der Waals surface area contributed by atoms with Crippen molar-refractivity contribution in [3.05, 3.63) is 12.4 Å². The number of anilines is 1. The lowest BCUT2D eigenvalue weighted by Gasteiger charge is -2.08. The highest BCUT2D eigenvalue weighted by Gasteiger charge is 2.28. The molecule has 0 radical (unpaired) electrons. The lowest BCUT2D eigenvalue weighted by atomic mass is 10.1. The van der Waals surface area contributed by atoms with Crippen LogP contribution in [0.2, 0.25) is 0 Å². The van der Waals surface area contributed by atoms with Gasteiger partial charge in [-0.1, -0.05) is 12.8 Å². The lowest BCUT2D eigenvalue weighted by molar-refractivity contribution is -0.142. The zero-order chi connectivity index (χ0) is 13.2. The van der Waals surface area contributed by atoms with Crippen LogP contribution in [0.3, 0.4) is 0 Å². The predicted molar refractivity (Wildman–Crippen MR) is 58.9 cm³/mol. The fourth-order valence-corrected chi connectivity index (χ4v) is 2.13. The predicted octanol–water partition coefficient (Wildman–Crippen LogP) is 2.57. The summed E-state index contributed by atoms with van der Waals surface area (Å²) in [4.78, 5) is 11.7. The monoisotopic (exact) mass is 261 g/mol. The highest BCUT2D eigenvalue weighted by atomic mass is 19.4. The van der Waals surface area contributed by atoms with Gasteiger partial charge >= 0.3 is 6.18 Å². The molecule has 0 aromatic carbocycles. The van der Waals surface area contributed by atoms with Gasteiger partial charge in [-0.15, -0.1) is 0 Å². The average Bonchev–Trinajstić information content (AvgIpc) is 2.86. The van der Waals surface area contributed by atoms with Crippen LogP contribution in [0, 0.1) is 5.92 Å². The molecule has 0 unspecified atom stereocenters. The van der Waals surface area contributed by atoms with Gasteiger partial charge in [0.2, 0.25) is 5.91 Å². The number of hydrogen-bond donors (Lipinski definition) is 1. The average molecular weight is 261 g/mol. The van der Waals surface area contributed by atoms with E-state index in [9.17, 15) is 18.0 Å². The summed E-state index contributed by atoms with van der Waals surface area (Å²) in [6.45, 7) is -1.15. The first-order valence-electron chi connectivity index (χ1n) is 5.84. The van der Waals surface area contributed by atoms with Gasteiger partial charge < -0.3 is 5.32 Å². The van der Waals surface area contributed by atoms with Crippen LogP contribution in [-0.4, -0.2) is 21.9 Å². The Kier molecular flexibility index (Phi) is 3.58. The van der Waals surface area contributed by atoms with Gasteiger partial charge in [-0.05, 0) is 12.8 Å². The molecule has 1 heterocycles. The number of halogens is 3. The van der Waals surface area contributed by atoms with Gasteiger partial charge in [0.25, 0.3) is 0 Å². The van der Waals surface area contributed by atoms with Crippen LogP contribution in [0.5, 0.6) is 0 Å². The summed E-state index contributed by atoms with van der Waals surface area (Å²) in [5, 5.41) is 6.16. The molecule has 0 atom stereocenters. The van der Waals surface area contributed by atoms with E-state index in [1.54, 1.807) is 0 Å². The van der Waals surface area contributed by atoms with E-state index in [1.807, 2.05) is 0 Å². The van der Waals surface area contributed by atoms with E-state index in [0.29, 0.717) is 5.69 Å². The van der Waals surface area contributed by atoms with Crippen molar-refractivity contribution in [3.63, 3.8) is 0 Å². The van der Waals surface area contributed by atoms with Gasteiger partial charge in [-0.3, -0.25) is 9.48 Å². The largest absolute Gasteiger partial charge is 0.408 e. The molecule has 0 bridgehead atoms. The van der Waals surface area contributed by atoms with Crippen LogP contribution in [0.15, 0.2) is 12.4 Å². The Bertz CT molecular complexity index is 421. The molecule has 100 valence electrons. The Morgan fingerprint density at radius 1 is 1.44 bits per heavy atom. The normalized spacial score (nSPS) is 17.1. The molecule has 1 aromatic heterocycles. The third-order valence-electron chi connectivity index (χ3n) is 2.97. The Balaban J connectivity index is 1.92. The second kappa shape index (κ2) is 4.99. The van der Waals surface area contributed by atoms with Crippen molar-refractivity contribution in [2.75, 3.05) is 5.32 Å². The summed E-state index contributed by atoms with van der Waals surface area (Å²) in [6, 6.07) is 0. The molecule has 0 aliphatic heterocycles. The molecule has 1 N–H and O–H groups in total. The van der Waals surface area contributed by atoms with Crippen LogP contribution in [-0.2, 0) is 11.3 Å². The van der Waals surface area contributed by atoms with Crippen molar-refractivity contribution in [2.24, 2.45) is 5.92 Å². The molecular weight excluding hydrogens is 247 g/mol. The minimum absolute atomic E-state index is 0.0176. The summed E-state index contributed by atoms with van der Waals surface area (Å²) in [5.41, 5.74) is 0.316. The fourth-order valence-electron chi connectivity index (χ4n) is 2.13. The maximum Gasteiger partial charge on any atom is 0.408 e. The summed E-state index contributed by atoms with van der Waals surface area (Å²) in [6.07, 6.45) is 1.89. The highest BCUT2D eigenvalue weighted by Crippen LogP contribution is 2.26. The Hall–Kier alpha value is -1.53. The van der Waals surface area contributed by atoms with Gasteiger partial charge in [0.1, 0.15) is 6.54 Å². The number of alkyl halides is 3. The quantitative estimate of drug-likeness (QED) is 0.909. The number of aromatic nitrogens is 2. The van der Waals surface area contributed by atoms with Crippen molar-refractivity contribution < 1.29 is 18.0 Å². The van der Waals surface area contributed by atoms with Gasteiger partial charge in [0.15, 0.2) is 0 Å². The summed E-state index contributed by atoms with van der Waals surface area (Å²) < 4.78 is 37.1. The molecule has 1 fully saturated rings. The van der Waals surface area contributed by atoms with Gasteiger partial charge in [-0.25, -0.2) is 0 Å². The van der Waals surface area contributed by atoms with E-state index >= 15 is 0 Å². The van der Waals surface area contributed by atoms with Crippen molar-refractivity contribution in [3.8, 4) is 0 Å². The minimum atomic E-state index is -4.31. The lowest BCUT2D eigenvalue weighted by Crippen LogP contribution is -2.20. The fraction of sp³-hybridized carbons (Fsp3) is 0.636. The molecule has 0 spiro atoms. The molecule has 18 heavy (non-hydrogen) atoms. The number of rotatable bonds is 3. The number of nitrogens with zero attached hydrogens (tertiary/aromatic N) is 2. The van der Waals surface area contributed by atoms with Crippen molar-refractivity contribution >= 4 is 11.6 Å². The first kappa shape index (κ1) is 12.9. The molecule has 2 rings (SSSR count). The van der Waals surface area contributed by atoms with Crippen LogP contribution >= 0.6 is 0 Å². The summed E-state index contributed by atoms with van der Waals surface area (Å²) in [5.74, 6) is -0.143. The van der Waals surface area contributed by atoms with E-state index in [4.69, 9.17) is 0 Å². The van der Waals surface area contributed by atoms with E-state index in [0.717, 1.165) is 30.4 Å². The summed E-state index contributed by atoms with van der Waals surface area (Å²) in [7, 11) is 0. The number of carbonyl (C=O) groups is 1. The number of carbonyl (C=O) groups excluding carboxylic acids is 1. The standard InChI is InChI=1S/C11H14F3N3O/c12-11(13,14)7-17-6-9(5-15-17)16-10(18)8-3-1-2-4-8/h5-6,8H,1-4,7H2,(H,16,18). The van der Waals surface area contributed by atoms with Gasteiger partial charge in [-0.2, -0.15) is 18.3 Å². The van der Waals surface area contributed by atoms with E-state index < -0.39 is 12.7 Å². The number of nitrogens with one attached hydrogen (secondary N) is 1. The Morgan fingerprint density at radius 3 is 2.72 bits per heavy atom. The van der Waals surface area contributed by atoms with Crippen LogP contribution < -0.4 is 5.32 Å². The second-order valence-electron chi connectivity index (χ2n) is 4.51. The molecule has 4 nitrogen and oxygen atoms in total. The van der Waals surface area contributed by atoms with Crippen LogP contribution in [0.25, 0.3) is 0 Å². The third kappa shape index (κ3) is 3.48. The molecule has 0 saturated heterocycles. The maximum atomic E-state index is 12.1. The van der Waals surface area contributed by atoms with Gasteiger partial charge in [0.05, 0.1) is 11.9 Å². The topological polar surface area (TPSA) is 46.9 Å². The highest BCUT2D eigenvalue weighted by molar-refractivity contribution is 5.92. The zero-order valence-corrected chi connectivity index (χ0v) is 9.70. The van der Waals surface area contributed by atoms with E-state index in [-0.39, 0.29) is 11.8 Å². The molecule has 7 heteroatoms. The zero-order valence-electron chi connectivity index (χ0n) is 9.70. The molecule has 1 aromatic rings. The first-order chi connectivity index (χ1) is 8.44.